The highest BCUT2D eigenvalue weighted by Crippen LogP contribution is 2.45. The Balaban J connectivity index is 1.19. The van der Waals surface area contributed by atoms with Gasteiger partial charge in [-0.1, -0.05) is 13.8 Å². The predicted octanol–water partition coefficient (Wildman–Crippen LogP) is 3.97. The molecule has 0 aromatic carbocycles. The van der Waals surface area contributed by atoms with Gasteiger partial charge in [0.05, 0.1) is 85.2 Å². The third-order valence-corrected chi connectivity index (χ3v) is 16.5. The van der Waals surface area contributed by atoms with Gasteiger partial charge >= 0.3 is 0 Å². The molecule has 73 heavy (non-hydrogen) atoms. The number of carbonyl (C=O) groups is 3. The molecule has 0 aliphatic carbocycles. The van der Waals surface area contributed by atoms with Crippen molar-refractivity contribution in [3.8, 4) is 0 Å². The van der Waals surface area contributed by atoms with Crippen LogP contribution >= 0.6 is 11.8 Å². The number of allylic oxidation sites excluding steroid dienone is 3. The van der Waals surface area contributed by atoms with Gasteiger partial charge in [0.1, 0.15) is 29.9 Å². The molecule has 2 fully saturated rings. The van der Waals surface area contributed by atoms with Crippen LogP contribution in [0.5, 0.6) is 0 Å². The lowest BCUT2D eigenvalue weighted by molar-refractivity contribution is -0.205. The summed E-state index contributed by atoms with van der Waals surface area (Å²) in [6.45, 7) is 17.0. The number of amides is 3. The molecule has 0 saturated carbocycles. The number of imide groups is 1. The third kappa shape index (κ3) is 11.4. The number of carbonyl (C=O) groups excluding carboxylic acids is 3. The molecular formula is C53H74N8O11S. The minimum Gasteiger partial charge on any atom is -0.394 e. The number of aliphatic hydroxyl groups is 4. The molecule has 2 aromatic rings. The van der Waals surface area contributed by atoms with E-state index in [-0.39, 0.29) is 42.7 Å². The molecule has 8 heterocycles. The number of H-pyrrole nitrogens is 2. The highest BCUT2D eigenvalue weighted by Gasteiger charge is 2.44. The van der Waals surface area contributed by atoms with Gasteiger partial charge in [-0.2, -0.15) is 0 Å². The Labute approximate surface area is 431 Å². The maximum atomic E-state index is 15.3. The molecule has 8 rings (SSSR count). The number of thioether (sulfide) groups is 1. The Morgan fingerprint density at radius 1 is 0.945 bits per heavy atom. The molecule has 19 nitrogen and oxygen atoms in total. The van der Waals surface area contributed by atoms with Crippen molar-refractivity contribution in [2.75, 3.05) is 91.7 Å². The lowest BCUT2D eigenvalue weighted by atomic mass is 9.84. The fourth-order valence-corrected chi connectivity index (χ4v) is 11.9. The van der Waals surface area contributed by atoms with Crippen molar-refractivity contribution in [1.82, 2.24) is 34.6 Å². The van der Waals surface area contributed by atoms with Crippen LogP contribution in [0.15, 0.2) is 18.2 Å². The standard InChI is InChI=1S/C53H74N8O11S/c1-8-33-28(2)35-26-40-43(32(6)71-22-21-69-18-12-54)30(4)37(56-40)24-36-29(3)34(10-11-42(63)59(7)13-9-23-73-53-50(66)49(65)48(64)41(27-62)72-53)46(57-36)45-47-44(31(5)38(58-47)25-39(33)55-35)51(67)61(52(45)68)15-14-60-16-19-70-20-17-60/h24-26,29,32,34,41,48-50,53,57-58,62,64-66H,8-23,27,54H2,1-7H3/t29-,32?,34-,41+,48+,49-,50+,53-/m0/s1. The first-order valence-electron chi connectivity index (χ1n) is 25.8. The first-order valence-corrected chi connectivity index (χ1v) is 26.8. The van der Waals surface area contributed by atoms with Gasteiger partial charge in [0.15, 0.2) is 0 Å². The Hall–Kier alpha value is -4.58. The first kappa shape index (κ1) is 54.7. The zero-order valence-corrected chi connectivity index (χ0v) is 44.1. The molecule has 8 bridgehead atoms. The van der Waals surface area contributed by atoms with Crippen LogP contribution in [0.1, 0.15) is 133 Å². The molecular weight excluding hydrogens is 957 g/mol. The molecule has 0 spiro atoms. The van der Waals surface area contributed by atoms with Crippen molar-refractivity contribution >= 4 is 62.8 Å². The van der Waals surface area contributed by atoms with E-state index in [1.54, 1.807) is 11.9 Å². The highest BCUT2D eigenvalue weighted by molar-refractivity contribution is 7.99. The monoisotopic (exact) mass is 1030 g/mol. The predicted molar refractivity (Wildman–Crippen MR) is 279 cm³/mol. The molecule has 1 unspecified atom stereocenters. The van der Waals surface area contributed by atoms with Crippen molar-refractivity contribution < 1.29 is 53.8 Å². The van der Waals surface area contributed by atoms with Gasteiger partial charge in [0, 0.05) is 87.1 Å². The van der Waals surface area contributed by atoms with Crippen LogP contribution in [-0.2, 0) is 23.7 Å². The number of aromatic amines is 2. The second kappa shape index (κ2) is 24.0. The Bertz CT molecular complexity index is 2660. The fraction of sp³-hybridized carbons (Fsp3) is 0.604. The van der Waals surface area contributed by atoms with E-state index >= 15 is 4.79 Å². The smallest absolute Gasteiger partial charge is 0.264 e. The molecule has 2 saturated heterocycles. The summed E-state index contributed by atoms with van der Waals surface area (Å²) in [6.07, 6.45) is -3.79. The van der Waals surface area contributed by atoms with Gasteiger partial charge < -0.3 is 60.0 Å². The van der Waals surface area contributed by atoms with Gasteiger partial charge in [-0.05, 0) is 93.2 Å². The van der Waals surface area contributed by atoms with E-state index in [2.05, 4.69) is 35.6 Å². The quantitative estimate of drug-likeness (QED) is 0.0731. The van der Waals surface area contributed by atoms with Crippen molar-refractivity contribution in [3.05, 3.63) is 69.1 Å². The largest absolute Gasteiger partial charge is 0.394 e. The van der Waals surface area contributed by atoms with Crippen LogP contribution in [-0.4, -0.2) is 200 Å². The summed E-state index contributed by atoms with van der Waals surface area (Å²) < 4.78 is 23.3. The summed E-state index contributed by atoms with van der Waals surface area (Å²) in [6, 6.07) is 6.05. The minimum atomic E-state index is -1.46. The Morgan fingerprint density at radius 3 is 2.40 bits per heavy atom. The van der Waals surface area contributed by atoms with Gasteiger partial charge in [0.25, 0.3) is 11.8 Å². The number of aliphatic hydroxyl groups excluding tert-OH is 4. The summed E-state index contributed by atoms with van der Waals surface area (Å²) in [7, 11) is 1.74. The van der Waals surface area contributed by atoms with Crippen molar-refractivity contribution in [2.45, 2.75) is 115 Å². The maximum Gasteiger partial charge on any atom is 0.264 e. The maximum absolute atomic E-state index is 15.3. The van der Waals surface area contributed by atoms with E-state index in [4.69, 9.17) is 34.6 Å². The molecule has 398 valence electrons. The molecule has 3 amide bonds. The van der Waals surface area contributed by atoms with E-state index in [1.165, 1.54) is 16.7 Å². The number of ether oxygens (including phenoxy) is 4. The average Bonchev–Trinajstić information content (AvgIpc) is 4.07. The van der Waals surface area contributed by atoms with Crippen LogP contribution in [0.2, 0.25) is 0 Å². The topological polar surface area (TPSA) is 262 Å². The number of rotatable bonds is 20. The summed E-state index contributed by atoms with van der Waals surface area (Å²) in [4.78, 5) is 67.2. The number of nitrogens with zero attached hydrogens (tertiary/aromatic N) is 5. The SMILES string of the molecule is CCC1=C(C)c2cc3nc(cc4[nH]c(c5c6[nH]c(cc1n2)c(C)c6C(=O)N(CCN1CCOCC1)C5=O)[C@@H](CCC(=O)N(C)CCCS[C@@H]1O[C@H](CO)[C@@H](O)[C@H](O)[C@H]1O)[C@@H]4C)C(C)=C3C(C)OCCOCCN. The van der Waals surface area contributed by atoms with Gasteiger partial charge in [-0.15, -0.1) is 11.8 Å². The lowest BCUT2D eigenvalue weighted by Crippen LogP contribution is -2.57. The molecule has 0 radical (unpaired) electrons. The second-order valence-corrected chi connectivity index (χ2v) is 21.0. The number of hydrogen-bond donors (Lipinski definition) is 7. The minimum absolute atomic E-state index is 0.0972. The van der Waals surface area contributed by atoms with Crippen molar-refractivity contribution in [3.63, 3.8) is 0 Å². The normalized spacial score (nSPS) is 24.4. The zero-order valence-electron chi connectivity index (χ0n) is 43.2. The van der Waals surface area contributed by atoms with Gasteiger partial charge in [0.2, 0.25) is 5.91 Å². The van der Waals surface area contributed by atoms with E-state index < -0.39 is 42.4 Å². The molecule has 6 aliphatic rings. The van der Waals surface area contributed by atoms with E-state index in [1.807, 2.05) is 39.0 Å². The molecule has 8 atom stereocenters. The number of nitrogens with two attached hydrogens (primary N) is 1. The number of nitrogens with one attached hydrogen (secondary N) is 2. The van der Waals surface area contributed by atoms with Crippen LogP contribution in [0.4, 0.5) is 0 Å². The van der Waals surface area contributed by atoms with E-state index in [9.17, 15) is 30.0 Å². The zero-order chi connectivity index (χ0) is 52.2. The number of hydrogen-bond acceptors (Lipinski definition) is 16. The highest BCUT2D eigenvalue weighted by atomic mass is 32.2. The van der Waals surface area contributed by atoms with Gasteiger partial charge in [-0.3, -0.25) is 24.2 Å². The third-order valence-electron chi connectivity index (χ3n) is 15.2. The lowest BCUT2D eigenvalue weighted by Gasteiger charge is -2.39. The Kier molecular flexibility index (Phi) is 17.9. The van der Waals surface area contributed by atoms with Crippen LogP contribution < -0.4 is 5.73 Å². The number of morpholine rings is 1. The number of fused-ring (bicyclic) bond motifs is 8. The first-order chi connectivity index (χ1) is 35.1. The molecule has 2 aromatic heterocycles. The Morgan fingerprint density at radius 2 is 1.67 bits per heavy atom. The number of aromatic nitrogens is 4. The summed E-state index contributed by atoms with van der Waals surface area (Å²) >= 11 is 1.25. The summed E-state index contributed by atoms with van der Waals surface area (Å²) in [5.74, 6) is -0.983. The van der Waals surface area contributed by atoms with Gasteiger partial charge in [-0.25, -0.2) is 9.97 Å². The molecule has 6 aliphatic heterocycles. The average molecular weight is 1030 g/mol. The van der Waals surface area contributed by atoms with Crippen molar-refractivity contribution in [1.29, 1.82) is 0 Å². The fourth-order valence-electron chi connectivity index (χ4n) is 10.8. The van der Waals surface area contributed by atoms with Crippen molar-refractivity contribution in [2.24, 2.45) is 5.73 Å². The summed E-state index contributed by atoms with van der Waals surface area (Å²) in [5, 5.41) is 40.6. The van der Waals surface area contributed by atoms with Crippen LogP contribution in [0, 0.1) is 6.92 Å². The molecule has 20 heteroatoms. The van der Waals surface area contributed by atoms with E-state index in [0.29, 0.717) is 124 Å². The summed E-state index contributed by atoms with van der Waals surface area (Å²) in [5.41, 5.74) is 15.8. The molecule has 8 N–H and O–H groups in total. The van der Waals surface area contributed by atoms with E-state index in [0.717, 1.165) is 50.8 Å². The number of aryl methyl sites for hydroxylation is 1. The second-order valence-electron chi connectivity index (χ2n) is 19.8. The van der Waals surface area contributed by atoms with Crippen LogP contribution in [0.25, 0.3) is 33.3 Å². The van der Waals surface area contributed by atoms with Crippen LogP contribution in [0.3, 0.4) is 0 Å².